The van der Waals surface area contributed by atoms with Gasteiger partial charge in [0.25, 0.3) is 11.9 Å². The number of nitrogens with zero attached hydrogens (tertiary/aromatic N) is 2. The van der Waals surface area contributed by atoms with Crippen LogP contribution in [0.3, 0.4) is 0 Å². The maximum absolute atomic E-state index is 14.5. The van der Waals surface area contributed by atoms with Crippen molar-refractivity contribution in [2.45, 2.75) is 12.0 Å². The number of ether oxygens (including phenoxy) is 1. The van der Waals surface area contributed by atoms with Crippen molar-refractivity contribution < 1.29 is 13.9 Å². The first-order valence-corrected chi connectivity index (χ1v) is 8.07. The summed E-state index contributed by atoms with van der Waals surface area (Å²) in [4.78, 5) is 20.7. The summed E-state index contributed by atoms with van der Waals surface area (Å²) in [7, 11) is 0. The Hall–Kier alpha value is -2.96. The molecule has 2 saturated carbocycles. The molecule has 5 rings (SSSR count). The fourth-order valence-corrected chi connectivity index (χ4v) is 4.11. The van der Waals surface area contributed by atoms with E-state index in [9.17, 15) is 9.18 Å². The number of hydrogen-bond donors (Lipinski definition) is 2. The molecule has 1 spiro atoms. The Morgan fingerprint density at radius 3 is 3.00 bits per heavy atom. The maximum atomic E-state index is 14.5. The summed E-state index contributed by atoms with van der Waals surface area (Å²) in [6.45, 7) is 0.469. The molecule has 2 heterocycles. The molecule has 126 valence electrons. The van der Waals surface area contributed by atoms with Crippen LogP contribution >= 0.6 is 0 Å². The highest BCUT2D eigenvalue weighted by molar-refractivity contribution is 6.02. The fourth-order valence-electron chi connectivity index (χ4n) is 4.11. The van der Waals surface area contributed by atoms with E-state index < -0.39 is 5.54 Å². The van der Waals surface area contributed by atoms with Crippen LogP contribution in [0, 0.1) is 17.2 Å². The van der Waals surface area contributed by atoms with Crippen LogP contribution < -0.4 is 11.1 Å². The SMILES string of the molecule is NC1=N[C@@]2(c3cc(NC(=O)c4ccccn4)ccc3F)C3CC32CO1. The highest BCUT2D eigenvalue weighted by Gasteiger charge is 2.92. The standard InChI is InChI=1S/C18H15FN4O2/c19-12-5-4-10(22-15(24)13-3-1-2-6-21-13)7-11(12)18-14-8-17(14,18)9-25-16(20)23-18/h1-7,14H,8-9H2,(H2,20,23)(H,22,24)/t14?,17?,18-/m0/s1. The molecule has 25 heavy (non-hydrogen) atoms. The van der Waals surface area contributed by atoms with E-state index in [4.69, 9.17) is 10.5 Å². The molecule has 3 aliphatic rings. The fraction of sp³-hybridized carbons (Fsp3) is 0.278. The molecule has 0 saturated heterocycles. The molecule has 6 nitrogen and oxygen atoms in total. The van der Waals surface area contributed by atoms with Gasteiger partial charge in [-0.25, -0.2) is 9.38 Å². The van der Waals surface area contributed by atoms with Gasteiger partial charge >= 0.3 is 0 Å². The number of nitrogens with two attached hydrogens (primary N) is 1. The lowest BCUT2D eigenvalue weighted by Gasteiger charge is -2.29. The van der Waals surface area contributed by atoms with Crippen molar-refractivity contribution >= 4 is 17.6 Å². The molecule has 1 aromatic heterocycles. The molecule has 3 N–H and O–H groups in total. The Kier molecular flexibility index (Phi) is 2.63. The van der Waals surface area contributed by atoms with Crippen molar-refractivity contribution in [2.24, 2.45) is 22.1 Å². The number of aromatic nitrogens is 1. The van der Waals surface area contributed by atoms with Gasteiger partial charge in [-0.1, -0.05) is 6.07 Å². The first-order chi connectivity index (χ1) is 12.1. The van der Waals surface area contributed by atoms with Gasteiger partial charge in [-0.2, -0.15) is 0 Å². The van der Waals surface area contributed by atoms with E-state index in [1.165, 1.54) is 12.1 Å². The summed E-state index contributed by atoms with van der Waals surface area (Å²) >= 11 is 0. The molecule has 0 radical (unpaired) electrons. The van der Waals surface area contributed by atoms with E-state index in [2.05, 4.69) is 15.3 Å². The second kappa shape index (κ2) is 4.56. The zero-order valence-corrected chi connectivity index (χ0v) is 13.2. The number of carbonyl (C=O) groups is 1. The van der Waals surface area contributed by atoms with Gasteiger partial charge in [0.15, 0.2) is 0 Å². The van der Waals surface area contributed by atoms with E-state index in [1.54, 1.807) is 30.5 Å². The number of carbonyl (C=O) groups excluding carboxylic acids is 1. The van der Waals surface area contributed by atoms with Gasteiger partial charge < -0.3 is 15.8 Å². The van der Waals surface area contributed by atoms with Crippen LogP contribution in [0.2, 0.25) is 0 Å². The first kappa shape index (κ1) is 14.4. The van der Waals surface area contributed by atoms with E-state index in [0.29, 0.717) is 23.6 Å². The lowest BCUT2D eigenvalue weighted by Crippen LogP contribution is -2.35. The summed E-state index contributed by atoms with van der Waals surface area (Å²) in [6, 6.07) is 9.71. The molecule has 1 aromatic carbocycles. The second-order valence-corrected chi connectivity index (χ2v) is 6.78. The minimum Gasteiger partial charge on any atom is -0.465 e. The van der Waals surface area contributed by atoms with Crippen LogP contribution in [0.4, 0.5) is 10.1 Å². The van der Waals surface area contributed by atoms with Crippen molar-refractivity contribution in [3.63, 3.8) is 0 Å². The summed E-state index contributed by atoms with van der Waals surface area (Å²) in [5.74, 6) is -0.431. The number of aliphatic imine (C=N–C) groups is 1. The van der Waals surface area contributed by atoms with E-state index in [-0.39, 0.29) is 29.1 Å². The van der Waals surface area contributed by atoms with Crippen LogP contribution in [0.15, 0.2) is 47.6 Å². The number of anilines is 1. The van der Waals surface area contributed by atoms with Gasteiger partial charge in [0.05, 0.1) is 0 Å². The largest absolute Gasteiger partial charge is 0.465 e. The number of fused-ring (bicyclic) bond motifs is 1. The van der Waals surface area contributed by atoms with Gasteiger partial charge in [-0.05, 0) is 36.8 Å². The maximum Gasteiger partial charge on any atom is 0.282 e. The summed E-state index contributed by atoms with van der Waals surface area (Å²) in [5.41, 5.74) is 6.23. The number of amidine groups is 1. The third kappa shape index (κ3) is 1.80. The van der Waals surface area contributed by atoms with Crippen LogP contribution in [0.5, 0.6) is 0 Å². The number of pyridine rings is 1. The van der Waals surface area contributed by atoms with Crippen LogP contribution in [0.25, 0.3) is 0 Å². The van der Waals surface area contributed by atoms with Crippen molar-refractivity contribution in [3.8, 4) is 0 Å². The van der Waals surface area contributed by atoms with Gasteiger partial charge in [-0.15, -0.1) is 0 Å². The lowest BCUT2D eigenvalue weighted by molar-refractivity contribution is 0.102. The number of hydrogen-bond acceptors (Lipinski definition) is 5. The van der Waals surface area contributed by atoms with Gasteiger partial charge in [0.2, 0.25) is 0 Å². The zero-order chi connectivity index (χ0) is 17.2. The highest BCUT2D eigenvalue weighted by atomic mass is 19.1. The number of benzene rings is 1. The Morgan fingerprint density at radius 2 is 2.24 bits per heavy atom. The summed E-state index contributed by atoms with van der Waals surface area (Å²) < 4.78 is 19.9. The number of nitrogens with one attached hydrogen (secondary N) is 1. The van der Waals surface area contributed by atoms with Gasteiger partial charge in [0, 0.05) is 28.8 Å². The number of halogens is 1. The summed E-state index contributed by atoms with van der Waals surface area (Å²) in [6.07, 6.45) is 2.51. The zero-order valence-electron chi connectivity index (χ0n) is 13.2. The predicted octanol–water partition coefficient (Wildman–Crippen LogP) is 2.03. The average molecular weight is 338 g/mol. The molecule has 1 aliphatic heterocycles. The Bertz CT molecular complexity index is 932. The molecular formula is C18H15FN4O2. The number of amides is 1. The van der Waals surface area contributed by atoms with Gasteiger partial charge in [0.1, 0.15) is 23.7 Å². The Morgan fingerprint density at radius 1 is 1.36 bits per heavy atom. The second-order valence-electron chi connectivity index (χ2n) is 6.78. The van der Waals surface area contributed by atoms with E-state index in [0.717, 1.165) is 6.42 Å². The monoisotopic (exact) mass is 338 g/mol. The molecule has 2 aromatic rings. The average Bonchev–Trinajstić information content (AvgIpc) is 3.49. The molecule has 7 heteroatoms. The van der Waals surface area contributed by atoms with E-state index >= 15 is 0 Å². The molecular weight excluding hydrogens is 323 g/mol. The Balaban J connectivity index is 1.48. The van der Waals surface area contributed by atoms with Crippen molar-refractivity contribution in [1.29, 1.82) is 0 Å². The first-order valence-electron chi connectivity index (χ1n) is 8.07. The molecule has 2 fully saturated rings. The van der Waals surface area contributed by atoms with E-state index in [1.807, 2.05) is 0 Å². The smallest absolute Gasteiger partial charge is 0.282 e. The topological polar surface area (TPSA) is 89.6 Å². The minimum absolute atomic E-state index is 0.0974. The molecule has 3 atom stereocenters. The predicted molar refractivity (Wildman–Crippen MR) is 88.4 cm³/mol. The molecule has 0 bridgehead atoms. The highest BCUT2D eigenvalue weighted by Crippen LogP contribution is 2.89. The van der Waals surface area contributed by atoms with Crippen LogP contribution in [-0.2, 0) is 10.3 Å². The third-order valence-corrected chi connectivity index (χ3v) is 5.55. The molecule has 2 unspecified atom stereocenters. The van der Waals surface area contributed by atoms with Crippen molar-refractivity contribution in [3.05, 3.63) is 59.7 Å². The van der Waals surface area contributed by atoms with Crippen LogP contribution in [-0.4, -0.2) is 23.5 Å². The van der Waals surface area contributed by atoms with Crippen LogP contribution in [0.1, 0.15) is 22.5 Å². The minimum atomic E-state index is -0.634. The summed E-state index contributed by atoms with van der Waals surface area (Å²) in [5, 5.41) is 2.76. The van der Waals surface area contributed by atoms with Gasteiger partial charge in [-0.3, -0.25) is 9.78 Å². The quantitative estimate of drug-likeness (QED) is 0.896. The number of rotatable bonds is 3. The van der Waals surface area contributed by atoms with Crippen molar-refractivity contribution in [2.75, 3.05) is 11.9 Å². The molecule has 2 aliphatic carbocycles. The normalized spacial score (nSPS) is 31.1. The third-order valence-electron chi connectivity index (χ3n) is 5.55. The molecule has 1 amide bonds. The van der Waals surface area contributed by atoms with Crippen molar-refractivity contribution in [1.82, 2.24) is 4.98 Å². The lowest BCUT2D eigenvalue weighted by atomic mass is 9.88. The Labute approximate surface area is 142 Å².